The van der Waals surface area contributed by atoms with Gasteiger partial charge in [-0.25, -0.2) is 14.5 Å². The first-order chi connectivity index (χ1) is 6.42. The van der Waals surface area contributed by atoms with E-state index in [0.717, 1.165) is 17.7 Å². The van der Waals surface area contributed by atoms with E-state index in [9.17, 15) is 9.59 Å². The molecule has 1 rings (SSSR count). The summed E-state index contributed by atoms with van der Waals surface area (Å²) in [6.07, 6.45) is 1.67. The van der Waals surface area contributed by atoms with Crippen LogP contribution < -0.4 is 5.32 Å². The minimum atomic E-state index is -0.546. The third-order valence-electron chi connectivity index (χ3n) is 2.73. The largest absolute Gasteiger partial charge is 0.329 e. The van der Waals surface area contributed by atoms with E-state index >= 15 is 0 Å². The minimum Gasteiger partial charge on any atom is -0.315 e. The lowest BCUT2D eigenvalue weighted by molar-refractivity contribution is 0.0705. The standard InChI is InChI=1S/C9H17N3O2/c1-5-6-9(2)10-7(13)11(3)8(14)12(9)4/h5-6H2,1-4H3,(H,10,13). The Kier molecular flexibility index (Phi) is 2.69. The molecule has 1 unspecified atom stereocenters. The molecule has 1 atom stereocenters. The summed E-state index contributed by atoms with van der Waals surface area (Å²) in [5.41, 5.74) is -0.546. The number of carbonyl (C=O) groups is 2. The highest BCUT2D eigenvalue weighted by Crippen LogP contribution is 2.21. The lowest BCUT2D eigenvalue weighted by Crippen LogP contribution is -2.69. The number of rotatable bonds is 2. The molecule has 80 valence electrons. The van der Waals surface area contributed by atoms with Crippen molar-refractivity contribution in [3.05, 3.63) is 0 Å². The van der Waals surface area contributed by atoms with Gasteiger partial charge in [0.05, 0.1) is 0 Å². The maximum atomic E-state index is 11.6. The Bertz CT molecular complexity index is 267. The third kappa shape index (κ3) is 1.54. The molecule has 0 aromatic heterocycles. The van der Waals surface area contributed by atoms with Gasteiger partial charge < -0.3 is 10.2 Å². The first-order valence-corrected chi connectivity index (χ1v) is 4.76. The number of nitrogens with zero attached hydrogens (tertiary/aromatic N) is 2. The number of amides is 4. The number of nitrogens with one attached hydrogen (secondary N) is 1. The fourth-order valence-electron chi connectivity index (χ4n) is 1.64. The molecule has 4 amide bonds. The number of hydrogen-bond acceptors (Lipinski definition) is 2. The molecule has 1 aliphatic heterocycles. The van der Waals surface area contributed by atoms with Crippen molar-refractivity contribution in [2.45, 2.75) is 32.4 Å². The van der Waals surface area contributed by atoms with Gasteiger partial charge in [-0.3, -0.25) is 0 Å². The Morgan fingerprint density at radius 3 is 2.43 bits per heavy atom. The van der Waals surface area contributed by atoms with E-state index in [1.807, 2.05) is 13.8 Å². The Morgan fingerprint density at radius 1 is 1.36 bits per heavy atom. The van der Waals surface area contributed by atoms with Gasteiger partial charge in [0, 0.05) is 14.1 Å². The Hall–Kier alpha value is -1.26. The van der Waals surface area contributed by atoms with Crippen LogP contribution in [0.2, 0.25) is 0 Å². The van der Waals surface area contributed by atoms with Crippen molar-refractivity contribution in [1.29, 1.82) is 0 Å². The summed E-state index contributed by atoms with van der Waals surface area (Å²) in [5, 5.41) is 2.82. The molecule has 0 aromatic carbocycles. The molecule has 5 heteroatoms. The molecule has 1 heterocycles. The van der Waals surface area contributed by atoms with Gasteiger partial charge in [0.2, 0.25) is 0 Å². The average Bonchev–Trinajstić information content (AvgIpc) is 2.12. The van der Waals surface area contributed by atoms with Gasteiger partial charge in [0.1, 0.15) is 5.66 Å². The number of imide groups is 1. The van der Waals surface area contributed by atoms with Crippen molar-refractivity contribution in [3.63, 3.8) is 0 Å². The molecule has 0 aromatic rings. The van der Waals surface area contributed by atoms with Crippen LogP contribution in [0, 0.1) is 0 Å². The molecular formula is C9H17N3O2. The van der Waals surface area contributed by atoms with Gasteiger partial charge in [0.15, 0.2) is 0 Å². The van der Waals surface area contributed by atoms with Crippen LogP contribution in [-0.2, 0) is 0 Å². The summed E-state index contributed by atoms with van der Waals surface area (Å²) in [5.74, 6) is 0. The summed E-state index contributed by atoms with van der Waals surface area (Å²) in [7, 11) is 3.17. The molecule has 5 nitrogen and oxygen atoms in total. The monoisotopic (exact) mass is 199 g/mol. The highest BCUT2D eigenvalue weighted by Gasteiger charge is 2.41. The van der Waals surface area contributed by atoms with E-state index in [0.29, 0.717) is 0 Å². The van der Waals surface area contributed by atoms with Crippen molar-refractivity contribution in [2.75, 3.05) is 14.1 Å². The van der Waals surface area contributed by atoms with E-state index < -0.39 is 5.66 Å². The fraction of sp³-hybridized carbons (Fsp3) is 0.778. The number of carbonyl (C=O) groups excluding carboxylic acids is 2. The zero-order chi connectivity index (χ0) is 10.9. The second-order valence-corrected chi connectivity index (χ2v) is 3.85. The Morgan fingerprint density at radius 2 is 1.93 bits per heavy atom. The van der Waals surface area contributed by atoms with Crippen molar-refractivity contribution in [2.24, 2.45) is 0 Å². The number of urea groups is 2. The summed E-state index contributed by atoms with van der Waals surface area (Å²) in [6.45, 7) is 3.88. The summed E-state index contributed by atoms with van der Waals surface area (Å²) < 4.78 is 0. The first-order valence-electron chi connectivity index (χ1n) is 4.76. The van der Waals surface area contributed by atoms with Crippen LogP contribution in [0.3, 0.4) is 0 Å². The fourth-order valence-corrected chi connectivity index (χ4v) is 1.64. The van der Waals surface area contributed by atoms with Gasteiger partial charge in [-0.1, -0.05) is 13.3 Å². The van der Waals surface area contributed by atoms with Crippen molar-refractivity contribution in [3.8, 4) is 0 Å². The van der Waals surface area contributed by atoms with Gasteiger partial charge in [-0.05, 0) is 13.3 Å². The van der Waals surface area contributed by atoms with E-state index in [2.05, 4.69) is 5.32 Å². The van der Waals surface area contributed by atoms with Crippen LogP contribution in [0.15, 0.2) is 0 Å². The minimum absolute atomic E-state index is 0.260. The predicted octanol–water partition coefficient (Wildman–Crippen LogP) is 1.21. The van der Waals surface area contributed by atoms with Crippen LogP contribution in [-0.4, -0.2) is 41.6 Å². The number of hydrogen-bond donors (Lipinski definition) is 1. The van der Waals surface area contributed by atoms with Gasteiger partial charge in [-0.2, -0.15) is 0 Å². The molecule has 1 saturated heterocycles. The molecule has 0 spiro atoms. The van der Waals surface area contributed by atoms with Crippen LogP contribution in [0.5, 0.6) is 0 Å². The third-order valence-corrected chi connectivity index (χ3v) is 2.73. The molecule has 1 aliphatic rings. The van der Waals surface area contributed by atoms with Crippen LogP contribution >= 0.6 is 0 Å². The normalized spacial score (nSPS) is 28.0. The van der Waals surface area contributed by atoms with Crippen LogP contribution in [0.25, 0.3) is 0 Å². The summed E-state index contributed by atoms with van der Waals surface area (Å²) >= 11 is 0. The summed E-state index contributed by atoms with van der Waals surface area (Å²) in [6, 6.07) is -0.589. The van der Waals surface area contributed by atoms with Gasteiger partial charge in [0.25, 0.3) is 0 Å². The Labute approximate surface area is 84.0 Å². The molecule has 1 fully saturated rings. The second-order valence-electron chi connectivity index (χ2n) is 3.85. The highest BCUT2D eigenvalue weighted by atomic mass is 16.2. The van der Waals surface area contributed by atoms with Crippen LogP contribution in [0.4, 0.5) is 9.59 Å². The molecule has 0 aliphatic carbocycles. The second kappa shape index (κ2) is 3.48. The van der Waals surface area contributed by atoms with E-state index in [1.165, 1.54) is 7.05 Å². The smallest absolute Gasteiger partial charge is 0.315 e. The van der Waals surface area contributed by atoms with E-state index in [4.69, 9.17) is 0 Å². The predicted molar refractivity (Wildman–Crippen MR) is 52.8 cm³/mol. The lowest BCUT2D eigenvalue weighted by atomic mass is 10.0. The molecule has 1 N–H and O–H groups in total. The topological polar surface area (TPSA) is 52.7 Å². The van der Waals surface area contributed by atoms with Crippen molar-refractivity contribution >= 4 is 12.1 Å². The summed E-state index contributed by atoms with van der Waals surface area (Å²) in [4.78, 5) is 25.7. The zero-order valence-electron chi connectivity index (χ0n) is 9.13. The zero-order valence-corrected chi connectivity index (χ0v) is 9.13. The highest BCUT2D eigenvalue weighted by molar-refractivity contribution is 5.96. The molecule has 14 heavy (non-hydrogen) atoms. The SMILES string of the molecule is CCCC1(C)NC(=O)N(C)C(=O)N1C. The maximum Gasteiger partial charge on any atom is 0.329 e. The average molecular weight is 199 g/mol. The van der Waals surface area contributed by atoms with Gasteiger partial charge >= 0.3 is 12.1 Å². The molecule has 0 saturated carbocycles. The lowest BCUT2D eigenvalue weighted by Gasteiger charge is -2.45. The maximum absolute atomic E-state index is 11.6. The Balaban J connectivity index is 2.90. The quantitative estimate of drug-likeness (QED) is 0.726. The molecular weight excluding hydrogens is 182 g/mol. The van der Waals surface area contributed by atoms with Gasteiger partial charge in [-0.15, -0.1) is 0 Å². The first kappa shape index (κ1) is 10.8. The molecule has 0 radical (unpaired) electrons. The van der Waals surface area contributed by atoms with Crippen molar-refractivity contribution in [1.82, 2.24) is 15.1 Å². The van der Waals surface area contributed by atoms with Crippen molar-refractivity contribution < 1.29 is 9.59 Å². The van der Waals surface area contributed by atoms with Crippen LogP contribution in [0.1, 0.15) is 26.7 Å². The van der Waals surface area contributed by atoms with E-state index in [1.54, 1.807) is 11.9 Å². The molecule has 0 bridgehead atoms. The van der Waals surface area contributed by atoms with E-state index in [-0.39, 0.29) is 12.1 Å².